The van der Waals surface area contributed by atoms with Gasteiger partial charge in [-0.25, -0.2) is 9.78 Å². The largest absolute Gasteiger partial charge is 0.338 e. The second kappa shape index (κ2) is 9.50. The van der Waals surface area contributed by atoms with Crippen LogP contribution in [0.4, 0.5) is 0 Å². The van der Waals surface area contributed by atoms with E-state index in [4.69, 9.17) is 4.52 Å². The van der Waals surface area contributed by atoms with Gasteiger partial charge in [0.05, 0.1) is 17.0 Å². The molecule has 1 atom stereocenters. The summed E-state index contributed by atoms with van der Waals surface area (Å²) in [5.74, 6) is 1.00. The van der Waals surface area contributed by atoms with E-state index in [1.54, 1.807) is 11.9 Å². The summed E-state index contributed by atoms with van der Waals surface area (Å²) in [6, 6.07) is 11.4. The molecule has 0 aliphatic carbocycles. The third-order valence-corrected chi connectivity index (χ3v) is 6.74. The number of fused-ring (bicyclic) bond motifs is 1. The van der Waals surface area contributed by atoms with Gasteiger partial charge in [0.2, 0.25) is 5.89 Å². The van der Waals surface area contributed by atoms with E-state index < -0.39 is 11.2 Å². The van der Waals surface area contributed by atoms with Crippen LogP contribution in [-0.2, 0) is 20.5 Å². The molecule has 1 aliphatic rings. The summed E-state index contributed by atoms with van der Waals surface area (Å²) in [4.78, 5) is 50.6. The Labute approximate surface area is 206 Å². The molecule has 0 N–H and O–H groups in total. The van der Waals surface area contributed by atoms with Crippen LogP contribution in [0, 0.1) is 0 Å². The van der Waals surface area contributed by atoms with E-state index in [1.165, 1.54) is 23.9 Å². The highest BCUT2D eigenvalue weighted by Gasteiger charge is 2.28. The summed E-state index contributed by atoms with van der Waals surface area (Å²) in [6.45, 7) is 4.32. The number of benzene rings is 1. The highest BCUT2D eigenvalue weighted by Crippen LogP contribution is 2.22. The first-order valence-corrected chi connectivity index (χ1v) is 11.8. The zero-order valence-corrected chi connectivity index (χ0v) is 20.4. The Hall–Kier alpha value is -4.12. The van der Waals surface area contributed by atoms with Crippen LogP contribution in [0.5, 0.6) is 0 Å². The molecule has 11 heteroatoms. The molecule has 11 nitrogen and oxygen atoms in total. The number of nitrogens with zero attached hydrogens (tertiary/aromatic N) is 7. The van der Waals surface area contributed by atoms with Crippen LogP contribution in [-0.4, -0.2) is 66.1 Å². The molecule has 4 heterocycles. The Morgan fingerprint density at radius 2 is 1.78 bits per heavy atom. The molecule has 1 fully saturated rings. The molecule has 5 rings (SSSR count). The van der Waals surface area contributed by atoms with Crippen LogP contribution in [0.2, 0.25) is 0 Å². The van der Waals surface area contributed by atoms with E-state index in [1.807, 2.05) is 37.3 Å². The van der Waals surface area contributed by atoms with Crippen LogP contribution in [0.15, 0.2) is 56.7 Å². The van der Waals surface area contributed by atoms with Crippen molar-refractivity contribution in [3.8, 4) is 0 Å². The second-order valence-electron chi connectivity index (χ2n) is 9.02. The van der Waals surface area contributed by atoms with Crippen LogP contribution < -0.4 is 11.2 Å². The quantitative estimate of drug-likeness (QED) is 0.409. The summed E-state index contributed by atoms with van der Waals surface area (Å²) in [5, 5.41) is 4.36. The van der Waals surface area contributed by atoms with Crippen LogP contribution in [0.3, 0.4) is 0 Å². The number of amides is 1. The van der Waals surface area contributed by atoms with Gasteiger partial charge >= 0.3 is 5.69 Å². The van der Waals surface area contributed by atoms with Gasteiger partial charge in [-0.15, -0.1) is 0 Å². The van der Waals surface area contributed by atoms with E-state index in [2.05, 4.69) is 20.0 Å². The molecule has 36 heavy (non-hydrogen) atoms. The number of rotatable bonds is 5. The maximum atomic E-state index is 13.2. The lowest BCUT2D eigenvalue weighted by atomic mass is 10.1. The number of piperazine rings is 1. The molecule has 0 bridgehead atoms. The Kier molecular flexibility index (Phi) is 6.23. The predicted octanol–water partition coefficient (Wildman–Crippen LogP) is 1.12. The lowest BCUT2D eigenvalue weighted by Crippen LogP contribution is -2.49. The third-order valence-electron chi connectivity index (χ3n) is 6.74. The zero-order valence-electron chi connectivity index (χ0n) is 20.4. The summed E-state index contributed by atoms with van der Waals surface area (Å²) in [7, 11) is 2.96. The van der Waals surface area contributed by atoms with E-state index in [9.17, 15) is 14.4 Å². The molecule has 0 unspecified atom stereocenters. The highest BCUT2D eigenvalue weighted by molar-refractivity contribution is 5.96. The topological polar surface area (TPSA) is 119 Å². The Bertz CT molecular complexity index is 1530. The fourth-order valence-electron chi connectivity index (χ4n) is 4.52. The average molecular weight is 490 g/mol. The van der Waals surface area contributed by atoms with Gasteiger partial charge in [0.25, 0.3) is 11.5 Å². The number of carbonyl (C=O) groups is 1. The minimum atomic E-state index is -0.472. The number of aryl methyl sites for hydroxylation is 1. The lowest BCUT2D eigenvalue weighted by molar-refractivity contribution is 0.0551. The molecule has 3 aromatic heterocycles. The predicted molar refractivity (Wildman–Crippen MR) is 132 cm³/mol. The normalized spacial score (nSPS) is 15.4. The molecule has 1 amide bonds. The first-order chi connectivity index (χ1) is 17.3. The van der Waals surface area contributed by atoms with Crippen LogP contribution >= 0.6 is 0 Å². The zero-order chi connectivity index (χ0) is 25.4. The molecule has 0 saturated carbocycles. The molecule has 0 radical (unpaired) electrons. The minimum Gasteiger partial charge on any atom is -0.338 e. The maximum Gasteiger partial charge on any atom is 0.332 e. The summed E-state index contributed by atoms with van der Waals surface area (Å²) in [6.07, 6.45) is 2.03. The maximum absolute atomic E-state index is 13.2. The molecule has 1 saturated heterocycles. The monoisotopic (exact) mass is 489 g/mol. The van der Waals surface area contributed by atoms with Crippen molar-refractivity contribution in [2.45, 2.75) is 19.4 Å². The van der Waals surface area contributed by atoms with Gasteiger partial charge < -0.3 is 9.42 Å². The third kappa shape index (κ3) is 4.33. The van der Waals surface area contributed by atoms with Crippen LogP contribution in [0.25, 0.3) is 11.0 Å². The number of hydrogen-bond donors (Lipinski definition) is 0. The van der Waals surface area contributed by atoms with Gasteiger partial charge in [0.1, 0.15) is 5.65 Å². The minimum absolute atomic E-state index is 0.0779. The van der Waals surface area contributed by atoms with Crippen molar-refractivity contribution in [3.05, 3.63) is 86.3 Å². The fraction of sp³-hybridized carbons (Fsp3) is 0.360. The molecular formula is C25H27N7O4. The van der Waals surface area contributed by atoms with Gasteiger partial charge in [-0.3, -0.25) is 23.6 Å². The molecule has 186 valence electrons. The van der Waals surface area contributed by atoms with E-state index in [0.717, 1.165) is 10.1 Å². The van der Waals surface area contributed by atoms with Crippen molar-refractivity contribution >= 4 is 16.9 Å². The number of pyridine rings is 1. The van der Waals surface area contributed by atoms with E-state index in [0.29, 0.717) is 49.9 Å². The summed E-state index contributed by atoms with van der Waals surface area (Å²) < 4.78 is 7.84. The number of aromatic nitrogens is 5. The van der Waals surface area contributed by atoms with Gasteiger partial charge in [-0.1, -0.05) is 35.5 Å². The van der Waals surface area contributed by atoms with E-state index >= 15 is 0 Å². The number of hydrogen-bond acceptors (Lipinski definition) is 8. The standard InChI is InChI=1S/C25H27N7O4/c1-16(22-27-20(28-36-22)13-17-7-5-4-6-8-17)31-9-11-32(12-10-31)23(33)18-14-19-21(26-15-18)29(2)25(35)30(3)24(19)34/h4-8,14-16H,9-13H2,1-3H3/t16-/m1/s1. The smallest absolute Gasteiger partial charge is 0.332 e. The first kappa shape index (κ1) is 23.6. The van der Waals surface area contributed by atoms with Gasteiger partial charge in [-0.05, 0) is 18.6 Å². The Morgan fingerprint density at radius 1 is 1.06 bits per heavy atom. The summed E-state index contributed by atoms with van der Waals surface area (Å²) in [5.41, 5.74) is 0.761. The van der Waals surface area contributed by atoms with Crippen molar-refractivity contribution in [1.29, 1.82) is 0 Å². The van der Waals surface area contributed by atoms with Crippen molar-refractivity contribution in [1.82, 2.24) is 34.1 Å². The van der Waals surface area contributed by atoms with Gasteiger partial charge in [-0.2, -0.15) is 4.98 Å². The second-order valence-corrected chi connectivity index (χ2v) is 9.02. The Balaban J connectivity index is 1.25. The molecule has 1 aromatic carbocycles. The lowest BCUT2D eigenvalue weighted by Gasteiger charge is -2.36. The van der Waals surface area contributed by atoms with Gasteiger partial charge in [0, 0.05) is 52.9 Å². The highest BCUT2D eigenvalue weighted by atomic mass is 16.5. The average Bonchev–Trinajstić information content (AvgIpc) is 3.38. The first-order valence-electron chi connectivity index (χ1n) is 11.8. The van der Waals surface area contributed by atoms with Gasteiger partial charge in [0.15, 0.2) is 5.82 Å². The molecule has 0 spiro atoms. The van der Waals surface area contributed by atoms with Crippen molar-refractivity contribution in [2.75, 3.05) is 26.2 Å². The molecule has 1 aliphatic heterocycles. The van der Waals surface area contributed by atoms with Crippen molar-refractivity contribution in [2.24, 2.45) is 14.1 Å². The molecule has 4 aromatic rings. The summed E-state index contributed by atoms with van der Waals surface area (Å²) >= 11 is 0. The van der Waals surface area contributed by atoms with Crippen molar-refractivity contribution < 1.29 is 9.32 Å². The van der Waals surface area contributed by atoms with Crippen molar-refractivity contribution in [3.63, 3.8) is 0 Å². The molecular weight excluding hydrogens is 462 g/mol. The SMILES string of the molecule is C[C@H](c1nc(Cc2ccccc2)no1)N1CCN(C(=O)c2cnc3c(c2)c(=O)n(C)c(=O)n3C)CC1. The number of carbonyl (C=O) groups excluding carboxylic acids is 1. The van der Waals surface area contributed by atoms with E-state index in [-0.39, 0.29) is 23.0 Å². The van der Waals surface area contributed by atoms with Crippen LogP contribution in [0.1, 0.15) is 40.6 Å². The Morgan fingerprint density at radius 3 is 2.50 bits per heavy atom. The fourth-order valence-corrected chi connectivity index (χ4v) is 4.52.